The average molecular weight is 265 g/mol. The third-order valence-corrected chi connectivity index (χ3v) is 3.07. The topological polar surface area (TPSA) is 18.5 Å². The largest absolute Gasteiger partial charge is 0.356 e. The minimum Gasteiger partial charge on any atom is -0.356 e. The molecule has 0 fully saturated rings. The smallest absolute Gasteiger partial charge is 0.146 e. The predicted octanol–water partition coefficient (Wildman–Crippen LogP) is 4.46. The first-order chi connectivity index (χ1) is 8.06. The van der Waals surface area contributed by atoms with Crippen molar-refractivity contribution < 1.29 is 9.47 Å². The first kappa shape index (κ1) is 17.2. The van der Waals surface area contributed by atoms with Gasteiger partial charge in [-0.1, -0.05) is 13.8 Å². The Morgan fingerprint density at radius 3 is 2.29 bits per heavy atom. The van der Waals surface area contributed by atoms with E-state index in [9.17, 15) is 0 Å². The standard InChI is InChI=1S/C14H29ClO2/c1-5-16-11-17-8-6-7-12(2)9-13(3)10-14(4)15/h12-14H,5-11H2,1-4H3. The molecule has 3 heteroatoms. The fourth-order valence-corrected chi connectivity index (χ4v) is 2.49. The van der Waals surface area contributed by atoms with Crippen molar-refractivity contribution in [2.24, 2.45) is 11.8 Å². The van der Waals surface area contributed by atoms with E-state index in [0.717, 1.165) is 37.9 Å². The van der Waals surface area contributed by atoms with Crippen molar-refractivity contribution in [2.75, 3.05) is 20.0 Å². The highest BCUT2D eigenvalue weighted by atomic mass is 35.5. The molecule has 3 atom stereocenters. The molecule has 0 aromatic heterocycles. The summed E-state index contributed by atoms with van der Waals surface area (Å²) in [5.74, 6) is 1.48. The van der Waals surface area contributed by atoms with Crippen LogP contribution in [0.2, 0.25) is 0 Å². The molecule has 0 aromatic carbocycles. The zero-order valence-corrected chi connectivity index (χ0v) is 12.6. The summed E-state index contributed by atoms with van der Waals surface area (Å²) in [6.07, 6.45) is 4.74. The van der Waals surface area contributed by atoms with Crippen molar-refractivity contribution in [1.82, 2.24) is 0 Å². The molecule has 0 N–H and O–H groups in total. The molecule has 0 rings (SSSR count). The Labute approximate surface area is 112 Å². The third kappa shape index (κ3) is 12.5. The summed E-state index contributed by atoms with van der Waals surface area (Å²) in [4.78, 5) is 0. The van der Waals surface area contributed by atoms with E-state index in [1.165, 1.54) is 12.8 Å². The van der Waals surface area contributed by atoms with Gasteiger partial charge in [-0.15, -0.1) is 11.6 Å². The third-order valence-electron chi connectivity index (χ3n) is 2.89. The number of rotatable bonds is 11. The number of hydrogen-bond donors (Lipinski definition) is 0. The zero-order chi connectivity index (χ0) is 13.1. The van der Waals surface area contributed by atoms with Crippen LogP contribution in [0, 0.1) is 11.8 Å². The Morgan fingerprint density at radius 2 is 1.71 bits per heavy atom. The quantitative estimate of drug-likeness (QED) is 0.312. The summed E-state index contributed by atoms with van der Waals surface area (Å²) < 4.78 is 10.5. The van der Waals surface area contributed by atoms with E-state index in [1.807, 2.05) is 6.92 Å². The Morgan fingerprint density at radius 1 is 1.00 bits per heavy atom. The van der Waals surface area contributed by atoms with Crippen LogP contribution in [0.15, 0.2) is 0 Å². The number of alkyl halides is 1. The van der Waals surface area contributed by atoms with Gasteiger partial charge in [0.15, 0.2) is 0 Å². The summed E-state index contributed by atoms with van der Waals surface area (Å²) in [6, 6.07) is 0. The van der Waals surface area contributed by atoms with E-state index in [1.54, 1.807) is 0 Å². The van der Waals surface area contributed by atoms with Crippen LogP contribution in [0.5, 0.6) is 0 Å². The summed E-state index contributed by atoms with van der Waals surface area (Å²) in [6.45, 7) is 10.6. The second-order valence-electron chi connectivity index (χ2n) is 5.12. The lowest BCUT2D eigenvalue weighted by Gasteiger charge is -2.18. The minimum absolute atomic E-state index is 0.298. The molecule has 0 radical (unpaired) electrons. The van der Waals surface area contributed by atoms with Crippen LogP contribution >= 0.6 is 11.6 Å². The lowest BCUT2D eigenvalue weighted by atomic mass is 9.91. The van der Waals surface area contributed by atoms with Crippen molar-refractivity contribution >= 4 is 11.6 Å². The Hall–Kier alpha value is 0.210. The zero-order valence-electron chi connectivity index (χ0n) is 11.9. The van der Waals surface area contributed by atoms with E-state index in [2.05, 4.69) is 20.8 Å². The summed E-state index contributed by atoms with van der Waals surface area (Å²) in [5.41, 5.74) is 0. The molecule has 0 spiro atoms. The van der Waals surface area contributed by atoms with Crippen LogP contribution in [0.4, 0.5) is 0 Å². The highest BCUT2D eigenvalue weighted by molar-refractivity contribution is 6.20. The van der Waals surface area contributed by atoms with Gasteiger partial charge >= 0.3 is 0 Å². The molecule has 3 unspecified atom stereocenters. The Kier molecular flexibility index (Phi) is 11.4. The monoisotopic (exact) mass is 264 g/mol. The molecule has 0 aromatic rings. The molecule has 0 aliphatic rings. The van der Waals surface area contributed by atoms with Crippen molar-refractivity contribution in [3.63, 3.8) is 0 Å². The number of hydrogen-bond acceptors (Lipinski definition) is 2. The minimum atomic E-state index is 0.298. The molecule has 2 nitrogen and oxygen atoms in total. The second kappa shape index (κ2) is 11.3. The van der Waals surface area contributed by atoms with E-state index >= 15 is 0 Å². The molecule has 0 aliphatic heterocycles. The maximum Gasteiger partial charge on any atom is 0.146 e. The van der Waals surface area contributed by atoms with Crippen LogP contribution in [-0.2, 0) is 9.47 Å². The van der Waals surface area contributed by atoms with Gasteiger partial charge in [0.2, 0.25) is 0 Å². The normalized spacial score (nSPS) is 16.8. The maximum absolute atomic E-state index is 6.00. The van der Waals surface area contributed by atoms with Crippen molar-refractivity contribution in [2.45, 2.75) is 58.8 Å². The van der Waals surface area contributed by atoms with Gasteiger partial charge in [0.25, 0.3) is 0 Å². The van der Waals surface area contributed by atoms with Gasteiger partial charge in [0, 0.05) is 18.6 Å². The van der Waals surface area contributed by atoms with Gasteiger partial charge in [-0.3, -0.25) is 0 Å². The van der Waals surface area contributed by atoms with Crippen LogP contribution in [0.25, 0.3) is 0 Å². The van der Waals surface area contributed by atoms with E-state index in [4.69, 9.17) is 21.1 Å². The molecule has 0 bridgehead atoms. The fourth-order valence-electron chi connectivity index (χ4n) is 2.19. The SMILES string of the molecule is CCOCOCCCC(C)CC(C)CC(C)Cl. The van der Waals surface area contributed by atoms with Gasteiger partial charge in [-0.05, 0) is 51.4 Å². The lowest BCUT2D eigenvalue weighted by Crippen LogP contribution is -2.08. The number of ether oxygens (including phenoxy) is 2. The van der Waals surface area contributed by atoms with Crippen LogP contribution < -0.4 is 0 Å². The Balaban J connectivity index is 3.36. The van der Waals surface area contributed by atoms with Gasteiger partial charge in [0.05, 0.1) is 0 Å². The second-order valence-corrected chi connectivity index (χ2v) is 5.87. The number of halogens is 1. The highest BCUT2D eigenvalue weighted by Crippen LogP contribution is 2.21. The molecule has 0 saturated carbocycles. The Bertz CT molecular complexity index is 162. The molecule has 17 heavy (non-hydrogen) atoms. The molecular formula is C14H29ClO2. The van der Waals surface area contributed by atoms with Gasteiger partial charge in [-0.2, -0.15) is 0 Å². The molecule has 104 valence electrons. The summed E-state index contributed by atoms with van der Waals surface area (Å²) in [7, 11) is 0. The predicted molar refractivity (Wildman–Crippen MR) is 74.6 cm³/mol. The van der Waals surface area contributed by atoms with E-state index in [0.29, 0.717) is 12.2 Å². The van der Waals surface area contributed by atoms with Gasteiger partial charge in [-0.25, -0.2) is 0 Å². The molecule has 0 amide bonds. The summed E-state index contributed by atoms with van der Waals surface area (Å²) in [5, 5.41) is 0.298. The van der Waals surface area contributed by atoms with Crippen molar-refractivity contribution in [3.8, 4) is 0 Å². The molecule has 0 saturated heterocycles. The molecular weight excluding hydrogens is 236 g/mol. The van der Waals surface area contributed by atoms with Crippen molar-refractivity contribution in [3.05, 3.63) is 0 Å². The van der Waals surface area contributed by atoms with Gasteiger partial charge in [0.1, 0.15) is 6.79 Å². The average Bonchev–Trinajstić information content (AvgIpc) is 2.21. The van der Waals surface area contributed by atoms with Crippen LogP contribution in [0.3, 0.4) is 0 Å². The molecule has 0 heterocycles. The van der Waals surface area contributed by atoms with Gasteiger partial charge < -0.3 is 9.47 Å². The van der Waals surface area contributed by atoms with E-state index < -0.39 is 0 Å². The lowest BCUT2D eigenvalue weighted by molar-refractivity contribution is -0.0508. The summed E-state index contributed by atoms with van der Waals surface area (Å²) >= 11 is 6.00. The maximum atomic E-state index is 6.00. The van der Waals surface area contributed by atoms with E-state index in [-0.39, 0.29) is 0 Å². The van der Waals surface area contributed by atoms with Crippen LogP contribution in [-0.4, -0.2) is 25.4 Å². The first-order valence-electron chi connectivity index (χ1n) is 6.85. The van der Waals surface area contributed by atoms with Crippen LogP contribution in [0.1, 0.15) is 53.4 Å². The first-order valence-corrected chi connectivity index (χ1v) is 7.29. The fraction of sp³-hybridized carbons (Fsp3) is 1.00. The molecule has 0 aliphatic carbocycles. The van der Waals surface area contributed by atoms with Crippen molar-refractivity contribution in [1.29, 1.82) is 0 Å². The highest BCUT2D eigenvalue weighted by Gasteiger charge is 2.10.